The van der Waals surface area contributed by atoms with Gasteiger partial charge in [0.2, 0.25) is 10.0 Å². The number of halogens is 2. The van der Waals surface area contributed by atoms with Crippen molar-refractivity contribution in [1.82, 2.24) is 18.2 Å². The van der Waals surface area contributed by atoms with Crippen molar-refractivity contribution in [2.45, 2.75) is 16.3 Å². The maximum Gasteiger partial charge on any atom is 0.262 e. The van der Waals surface area contributed by atoms with Crippen molar-refractivity contribution in [3.63, 3.8) is 0 Å². The molecule has 1 aromatic heterocycles. The van der Waals surface area contributed by atoms with Gasteiger partial charge in [0.1, 0.15) is 16.5 Å². The molecule has 2 heterocycles. The number of hydrogen-bond acceptors (Lipinski definition) is 5. The second kappa shape index (κ2) is 7.26. The first-order valence-corrected chi connectivity index (χ1v) is 10.9. The summed E-state index contributed by atoms with van der Waals surface area (Å²) >= 11 is 0. The number of imidazole rings is 1. The molecule has 0 spiro atoms. The van der Waals surface area contributed by atoms with Gasteiger partial charge >= 0.3 is 0 Å². The zero-order valence-electron chi connectivity index (χ0n) is 14.4. The molecule has 0 amide bonds. The highest BCUT2D eigenvalue weighted by atomic mass is 32.2. The molecule has 0 N–H and O–H groups in total. The fourth-order valence-corrected chi connectivity index (χ4v) is 5.78. The number of benzene rings is 1. The standard InChI is InChI=1S/C15H18F2N4O4S2/c1-19-10-15(18-11-19)27(24,25)21-6-2-5-20(7-8-21)26(22,23)14-4-3-12(16)9-13(14)17/h3-4,9-11H,2,5-8H2,1H3. The highest BCUT2D eigenvalue weighted by molar-refractivity contribution is 7.89. The molecule has 0 unspecified atom stereocenters. The zero-order chi connectivity index (χ0) is 19.8. The number of rotatable bonds is 4. The molecule has 27 heavy (non-hydrogen) atoms. The summed E-state index contributed by atoms with van der Waals surface area (Å²) in [5.41, 5.74) is 0. The largest absolute Gasteiger partial charge is 0.339 e. The SMILES string of the molecule is Cn1cnc(S(=O)(=O)N2CCCN(S(=O)(=O)c3ccc(F)cc3F)CC2)c1. The second-order valence-electron chi connectivity index (χ2n) is 6.11. The second-order valence-corrected chi connectivity index (χ2v) is 9.91. The summed E-state index contributed by atoms with van der Waals surface area (Å²) in [7, 11) is -6.43. The van der Waals surface area contributed by atoms with Crippen LogP contribution in [0, 0.1) is 11.6 Å². The van der Waals surface area contributed by atoms with Gasteiger partial charge in [0.25, 0.3) is 10.0 Å². The van der Waals surface area contributed by atoms with Crippen molar-refractivity contribution in [3.05, 3.63) is 42.4 Å². The predicted octanol–water partition coefficient (Wildman–Crippen LogP) is 0.784. The van der Waals surface area contributed by atoms with Gasteiger partial charge in [-0.05, 0) is 18.6 Å². The Hall–Kier alpha value is -1.89. The Kier molecular flexibility index (Phi) is 5.34. The Bertz CT molecular complexity index is 1050. The van der Waals surface area contributed by atoms with Crippen molar-refractivity contribution in [3.8, 4) is 0 Å². The van der Waals surface area contributed by atoms with E-state index in [1.807, 2.05) is 0 Å². The lowest BCUT2D eigenvalue weighted by Gasteiger charge is -2.21. The van der Waals surface area contributed by atoms with Crippen LogP contribution in [-0.4, -0.2) is 61.2 Å². The maximum absolute atomic E-state index is 13.9. The highest BCUT2D eigenvalue weighted by Crippen LogP contribution is 2.23. The molecule has 1 fully saturated rings. The summed E-state index contributed by atoms with van der Waals surface area (Å²) in [6.07, 6.45) is 2.95. The van der Waals surface area contributed by atoms with Gasteiger partial charge in [-0.3, -0.25) is 0 Å². The molecule has 0 atom stereocenters. The molecule has 0 saturated carbocycles. The van der Waals surface area contributed by atoms with Gasteiger partial charge in [-0.2, -0.15) is 8.61 Å². The molecule has 0 radical (unpaired) electrons. The molecular weight excluding hydrogens is 402 g/mol. The van der Waals surface area contributed by atoms with E-state index in [9.17, 15) is 25.6 Å². The van der Waals surface area contributed by atoms with Gasteiger partial charge in [-0.15, -0.1) is 0 Å². The first kappa shape index (κ1) is 19.9. The van der Waals surface area contributed by atoms with E-state index in [2.05, 4.69) is 4.98 Å². The number of aryl methyl sites for hydroxylation is 1. The zero-order valence-corrected chi connectivity index (χ0v) is 16.0. The third-order valence-corrected chi connectivity index (χ3v) is 7.93. The van der Waals surface area contributed by atoms with Gasteiger partial charge in [-0.1, -0.05) is 0 Å². The minimum atomic E-state index is -4.21. The Morgan fingerprint density at radius 2 is 1.59 bits per heavy atom. The minimum absolute atomic E-state index is 0.0212. The van der Waals surface area contributed by atoms with Crippen LogP contribution >= 0.6 is 0 Å². The van der Waals surface area contributed by atoms with Crippen molar-refractivity contribution in [2.24, 2.45) is 7.05 Å². The van der Waals surface area contributed by atoms with Crippen LogP contribution < -0.4 is 0 Å². The molecule has 12 heteroatoms. The van der Waals surface area contributed by atoms with E-state index < -0.39 is 36.6 Å². The van der Waals surface area contributed by atoms with E-state index in [1.54, 1.807) is 7.05 Å². The summed E-state index contributed by atoms with van der Waals surface area (Å²) in [5.74, 6) is -2.06. The topological polar surface area (TPSA) is 92.6 Å². The fraction of sp³-hybridized carbons (Fsp3) is 0.400. The van der Waals surface area contributed by atoms with Gasteiger partial charge in [0, 0.05) is 45.5 Å². The van der Waals surface area contributed by atoms with Crippen molar-refractivity contribution >= 4 is 20.0 Å². The lowest BCUT2D eigenvalue weighted by molar-refractivity contribution is 0.401. The summed E-state index contributed by atoms with van der Waals surface area (Å²) in [4.78, 5) is 3.21. The molecule has 0 aliphatic carbocycles. The molecule has 1 aliphatic heterocycles. The predicted molar refractivity (Wildman–Crippen MR) is 91.7 cm³/mol. The van der Waals surface area contributed by atoms with Gasteiger partial charge in [0.05, 0.1) is 6.33 Å². The summed E-state index contributed by atoms with van der Waals surface area (Å²) in [5, 5.41) is -0.120. The van der Waals surface area contributed by atoms with Crippen LogP contribution in [0.15, 0.2) is 40.6 Å². The van der Waals surface area contributed by atoms with Crippen LogP contribution in [0.25, 0.3) is 0 Å². The van der Waals surface area contributed by atoms with Crippen LogP contribution in [0.3, 0.4) is 0 Å². The third-order valence-electron chi connectivity index (χ3n) is 4.21. The summed E-state index contributed by atoms with van der Waals surface area (Å²) in [6, 6.07) is 2.24. The smallest absolute Gasteiger partial charge is 0.262 e. The summed E-state index contributed by atoms with van der Waals surface area (Å²) in [6.45, 7) is -0.115. The summed E-state index contributed by atoms with van der Waals surface area (Å²) < 4.78 is 81.3. The third kappa shape index (κ3) is 3.88. The molecule has 1 aromatic carbocycles. The van der Waals surface area contributed by atoms with Crippen LogP contribution in [0.1, 0.15) is 6.42 Å². The van der Waals surface area contributed by atoms with E-state index in [1.165, 1.54) is 17.1 Å². The molecular formula is C15H18F2N4O4S2. The quantitative estimate of drug-likeness (QED) is 0.729. The lowest BCUT2D eigenvalue weighted by Crippen LogP contribution is -2.37. The minimum Gasteiger partial charge on any atom is -0.339 e. The van der Waals surface area contributed by atoms with Crippen molar-refractivity contribution in [1.29, 1.82) is 0 Å². The highest BCUT2D eigenvalue weighted by Gasteiger charge is 2.33. The van der Waals surface area contributed by atoms with E-state index >= 15 is 0 Å². The first-order valence-electron chi connectivity index (χ1n) is 8.06. The molecule has 8 nitrogen and oxygen atoms in total. The maximum atomic E-state index is 13.9. The monoisotopic (exact) mass is 420 g/mol. The molecule has 3 rings (SSSR count). The molecule has 0 bridgehead atoms. The number of aromatic nitrogens is 2. The molecule has 2 aromatic rings. The Balaban J connectivity index is 1.82. The number of hydrogen-bond donors (Lipinski definition) is 0. The number of sulfonamides is 2. The van der Waals surface area contributed by atoms with E-state index in [0.29, 0.717) is 6.07 Å². The van der Waals surface area contributed by atoms with Crippen LogP contribution in [0.4, 0.5) is 8.78 Å². The van der Waals surface area contributed by atoms with Crippen molar-refractivity contribution in [2.75, 3.05) is 26.2 Å². The Morgan fingerprint density at radius 1 is 0.963 bits per heavy atom. The Labute approximate surface area is 156 Å². The van der Waals surface area contributed by atoms with E-state index in [4.69, 9.17) is 0 Å². The molecule has 1 saturated heterocycles. The van der Waals surface area contributed by atoms with Gasteiger partial charge < -0.3 is 4.57 Å². The van der Waals surface area contributed by atoms with E-state index in [-0.39, 0.29) is 37.6 Å². The van der Waals surface area contributed by atoms with Crippen LogP contribution in [0.2, 0.25) is 0 Å². The van der Waals surface area contributed by atoms with Crippen molar-refractivity contribution < 1.29 is 25.6 Å². The van der Waals surface area contributed by atoms with Crippen LogP contribution in [0.5, 0.6) is 0 Å². The lowest BCUT2D eigenvalue weighted by atomic mass is 10.3. The molecule has 1 aliphatic rings. The first-order chi connectivity index (χ1) is 12.6. The Morgan fingerprint density at radius 3 is 2.15 bits per heavy atom. The van der Waals surface area contributed by atoms with Gasteiger partial charge in [-0.25, -0.2) is 30.6 Å². The van der Waals surface area contributed by atoms with E-state index in [0.717, 1.165) is 20.7 Å². The van der Waals surface area contributed by atoms with Crippen LogP contribution in [-0.2, 0) is 27.1 Å². The molecule has 148 valence electrons. The normalized spacial score (nSPS) is 17.7. The van der Waals surface area contributed by atoms with Gasteiger partial charge in [0.15, 0.2) is 5.03 Å². The fourth-order valence-electron chi connectivity index (χ4n) is 2.83. The number of nitrogens with zero attached hydrogens (tertiary/aromatic N) is 4. The average Bonchev–Trinajstić information content (AvgIpc) is 2.87. The average molecular weight is 420 g/mol.